The first-order chi connectivity index (χ1) is 7.31. The zero-order valence-electron chi connectivity index (χ0n) is 10.4. The fraction of sp³-hybridized carbons (Fsp3) is 0.786. The lowest BCUT2D eigenvalue weighted by molar-refractivity contribution is -0.104. The van der Waals surface area contributed by atoms with Crippen LogP contribution in [0, 0.1) is 5.92 Å². The SMILES string of the molecule is CCCCC(C)CCCCC/C=C\C=O. The Morgan fingerprint density at radius 1 is 1.07 bits per heavy atom. The molecule has 0 bridgehead atoms. The second-order valence-electron chi connectivity index (χ2n) is 4.45. The number of hydrogen-bond acceptors (Lipinski definition) is 1. The third kappa shape index (κ3) is 11.3. The zero-order chi connectivity index (χ0) is 11.4. The molecule has 0 spiro atoms. The number of carbonyl (C=O) groups excluding carboxylic acids is 1. The Morgan fingerprint density at radius 3 is 2.47 bits per heavy atom. The molecule has 15 heavy (non-hydrogen) atoms. The molecule has 0 saturated heterocycles. The minimum absolute atomic E-state index is 0.854. The van der Waals surface area contributed by atoms with Gasteiger partial charge in [0.25, 0.3) is 0 Å². The molecule has 0 saturated carbocycles. The van der Waals surface area contributed by atoms with Crippen LogP contribution >= 0.6 is 0 Å². The molecular formula is C14H26O. The topological polar surface area (TPSA) is 17.1 Å². The molecule has 88 valence electrons. The van der Waals surface area contributed by atoms with Crippen LogP contribution in [0.2, 0.25) is 0 Å². The van der Waals surface area contributed by atoms with Crippen LogP contribution in [0.3, 0.4) is 0 Å². The molecule has 0 N–H and O–H groups in total. The van der Waals surface area contributed by atoms with Gasteiger partial charge in [-0.2, -0.15) is 0 Å². The first-order valence-electron chi connectivity index (χ1n) is 6.41. The van der Waals surface area contributed by atoms with Crippen molar-refractivity contribution < 1.29 is 4.79 Å². The highest BCUT2D eigenvalue weighted by molar-refractivity contribution is 5.64. The van der Waals surface area contributed by atoms with Gasteiger partial charge in [-0.05, 0) is 24.8 Å². The first-order valence-corrected chi connectivity index (χ1v) is 6.41. The number of unbranched alkanes of at least 4 members (excludes halogenated alkanes) is 4. The van der Waals surface area contributed by atoms with E-state index in [4.69, 9.17) is 0 Å². The van der Waals surface area contributed by atoms with E-state index in [-0.39, 0.29) is 0 Å². The van der Waals surface area contributed by atoms with Crippen LogP contribution in [0.5, 0.6) is 0 Å². The fourth-order valence-corrected chi connectivity index (χ4v) is 1.78. The molecule has 0 fully saturated rings. The molecule has 1 nitrogen and oxygen atoms in total. The van der Waals surface area contributed by atoms with Gasteiger partial charge in [-0.15, -0.1) is 0 Å². The van der Waals surface area contributed by atoms with Crippen molar-refractivity contribution in [2.75, 3.05) is 0 Å². The van der Waals surface area contributed by atoms with Gasteiger partial charge >= 0.3 is 0 Å². The van der Waals surface area contributed by atoms with Crippen molar-refractivity contribution in [2.24, 2.45) is 5.92 Å². The smallest absolute Gasteiger partial charge is 0.142 e. The van der Waals surface area contributed by atoms with Crippen LogP contribution in [-0.2, 0) is 4.79 Å². The van der Waals surface area contributed by atoms with Crippen molar-refractivity contribution in [2.45, 2.75) is 65.2 Å². The van der Waals surface area contributed by atoms with Crippen molar-refractivity contribution in [3.05, 3.63) is 12.2 Å². The molecule has 1 atom stereocenters. The molecule has 0 aliphatic rings. The van der Waals surface area contributed by atoms with E-state index < -0.39 is 0 Å². The maximum atomic E-state index is 10.00. The van der Waals surface area contributed by atoms with E-state index in [0.717, 1.165) is 18.6 Å². The Labute approximate surface area is 95.0 Å². The van der Waals surface area contributed by atoms with Gasteiger partial charge in [-0.3, -0.25) is 4.79 Å². The predicted molar refractivity (Wildman–Crippen MR) is 67.0 cm³/mol. The van der Waals surface area contributed by atoms with Gasteiger partial charge in [-0.1, -0.05) is 58.4 Å². The minimum atomic E-state index is 0.854. The summed E-state index contributed by atoms with van der Waals surface area (Å²) in [5.74, 6) is 0.899. The highest BCUT2D eigenvalue weighted by Gasteiger charge is 2.00. The van der Waals surface area contributed by atoms with Gasteiger partial charge < -0.3 is 0 Å². The zero-order valence-corrected chi connectivity index (χ0v) is 10.4. The summed E-state index contributed by atoms with van der Waals surface area (Å²) in [5, 5.41) is 0. The summed E-state index contributed by atoms with van der Waals surface area (Å²) in [6, 6.07) is 0. The number of aldehydes is 1. The van der Waals surface area contributed by atoms with Crippen LogP contribution in [0.4, 0.5) is 0 Å². The summed E-state index contributed by atoms with van der Waals surface area (Å²) in [7, 11) is 0. The van der Waals surface area contributed by atoms with E-state index in [0.29, 0.717) is 0 Å². The molecule has 0 aromatic heterocycles. The molecule has 0 rings (SSSR count). The number of carbonyl (C=O) groups is 1. The minimum Gasteiger partial charge on any atom is -0.299 e. The predicted octanol–water partition coefficient (Wildman–Crippen LogP) is 4.52. The Kier molecular flexibility index (Phi) is 11.0. The van der Waals surface area contributed by atoms with E-state index >= 15 is 0 Å². The molecule has 1 unspecified atom stereocenters. The Hall–Kier alpha value is -0.590. The standard InChI is InChI=1S/C14H26O/c1-3-4-11-14(2)12-9-7-5-6-8-10-13-15/h8,10,13-14H,3-7,9,11-12H2,1-2H3/b10-8-. The maximum Gasteiger partial charge on any atom is 0.142 e. The van der Waals surface area contributed by atoms with Crippen LogP contribution in [0.25, 0.3) is 0 Å². The molecule has 0 heterocycles. The van der Waals surface area contributed by atoms with E-state index in [1.165, 1.54) is 44.9 Å². The largest absolute Gasteiger partial charge is 0.299 e. The Bertz CT molecular complexity index is 161. The van der Waals surface area contributed by atoms with Crippen LogP contribution in [0.1, 0.15) is 65.2 Å². The summed E-state index contributed by atoms with van der Waals surface area (Å²) in [4.78, 5) is 10.00. The second kappa shape index (κ2) is 11.5. The third-order valence-corrected chi connectivity index (χ3v) is 2.83. The highest BCUT2D eigenvalue weighted by atomic mass is 16.1. The normalized spacial score (nSPS) is 13.2. The molecule has 1 heteroatoms. The van der Waals surface area contributed by atoms with Gasteiger partial charge in [0.15, 0.2) is 0 Å². The second-order valence-corrected chi connectivity index (χ2v) is 4.45. The van der Waals surface area contributed by atoms with Gasteiger partial charge in [0, 0.05) is 0 Å². The van der Waals surface area contributed by atoms with Crippen molar-refractivity contribution in [3.63, 3.8) is 0 Å². The van der Waals surface area contributed by atoms with Gasteiger partial charge in [0.1, 0.15) is 6.29 Å². The number of hydrogen-bond donors (Lipinski definition) is 0. The van der Waals surface area contributed by atoms with Gasteiger partial charge in [0.05, 0.1) is 0 Å². The summed E-state index contributed by atoms with van der Waals surface area (Å²) in [5.41, 5.74) is 0. The molecular weight excluding hydrogens is 184 g/mol. The van der Waals surface area contributed by atoms with Crippen molar-refractivity contribution >= 4 is 6.29 Å². The van der Waals surface area contributed by atoms with Crippen LogP contribution in [0.15, 0.2) is 12.2 Å². The maximum absolute atomic E-state index is 10.00. The lowest BCUT2D eigenvalue weighted by atomic mass is 9.97. The lowest BCUT2D eigenvalue weighted by Gasteiger charge is -2.09. The first kappa shape index (κ1) is 14.4. The van der Waals surface area contributed by atoms with E-state index in [2.05, 4.69) is 13.8 Å². The molecule has 0 radical (unpaired) electrons. The van der Waals surface area contributed by atoms with Gasteiger partial charge in [-0.25, -0.2) is 0 Å². The highest BCUT2D eigenvalue weighted by Crippen LogP contribution is 2.16. The fourth-order valence-electron chi connectivity index (χ4n) is 1.78. The quantitative estimate of drug-likeness (QED) is 0.294. The van der Waals surface area contributed by atoms with Gasteiger partial charge in [0.2, 0.25) is 0 Å². The summed E-state index contributed by atoms with van der Waals surface area (Å²) in [6.45, 7) is 4.62. The Balaban J connectivity index is 3.15. The third-order valence-electron chi connectivity index (χ3n) is 2.83. The van der Waals surface area contributed by atoms with Crippen LogP contribution in [-0.4, -0.2) is 6.29 Å². The summed E-state index contributed by atoms with van der Waals surface area (Å²) in [6.07, 6.45) is 14.8. The van der Waals surface area contributed by atoms with Crippen LogP contribution < -0.4 is 0 Å². The Morgan fingerprint density at radius 2 is 1.80 bits per heavy atom. The van der Waals surface area contributed by atoms with Crippen molar-refractivity contribution in [1.29, 1.82) is 0 Å². The molecule has 0 aromatic carbocycles. The van der Waals surface area contributed by atoms with E-state index in [1.807, 2.05) is 6.08 Å². The molecule has 0 aliphatic heterocycles. The molecule has 0 amide bonds. The average Bonchev–Trinajstić information content (AvgIpc) is 2.25. The van der Waals surface area contributed by atoms with E-state index in [1.54, 1.807) is 6.08 Å². The molecule has 0 aliphatic carbocycles. The average molecular weight is 210 g/mol. The summed E-state index contributed by atoms with van der Waals surface area (Å²) >= 11 is 0. The number of rotatable bonds is 10. The monoisotopic (exact) mass is 210 g/mol. The van der Waals surface area contributed by atoms with Crippen molar-refractivity contribution in [1.82, 2.24) is 0 Å². The summed E-state index contributed by atoms with van der Waals surface area (Å²) < 4.78 is 0. The molecule has 0 aromatic rings. The van der Waals surface area contributed by atoms with E-state index in [9.17, 15) is 4.79 Å². The van der Waals surface area contributed by atoms with Crippen molar-refractivity contribution in [3.8, 4) is 0 Å². The number of allylic oxidation sites excluding steroid dienone is 2. The lowest BCUT2D eigenvalue weighted by Crippen LogP contribution is -1.94.